The lowest BCUT2D eigenvalue weighted by molar-refractivity contribution is 0.344. The SMILES string of the molecule is CC(SCCOc1c(Cl)cccc1Cl)c1nc(N)nc(Nc2ccccc2)n1. The number of nitrogens with one attached hydrogen (secondary N) is 1. The van der Waals surface area contributed by atoms with Crippen molar-refractivity contribution in [2.75, 3.05) is 23.4 Å². The molecule has 0 spiro atoms. The van der Waals surface area contributed by atoms with Crippen LogP contribution in [0, 0.1) is 0 Å². The van der Waals surface area contributed by atoms with Gasteiger partial charge in [0.25, 0.3) is 0 Å². The lowest BCUT2D eigenvalue weighted by atomic mass is 10.3. The minimum atomic E-state index is 0.00643. The Hall–Kier alpha value is -2.22. The molecular formula is C19H19Cl2N5OS. The lowest BCUT2D eigenvalue weighted by Gasteiger charge is -2.13. The van der Waals surface area contributed by atoms with Crippen molar-refractivity contribution in [1.82, 2.24) is 15.0 Å². The maximum absolute atomic E-state index is 6.10. The predicted molar refractivity (Wildman–Crippen MR) is 117 cm³/mol. The van der Waals surface area contributed by atoms with Crippen LogP contribution >= 0.6 is 35.0 Å². The van der Waals surface area contributed by atoms with E-state index in [1.165, 1.54) is 0 Å². The molecule has 1 aromatic heterocycles. The number of para-hydroxylation sites is 2. The molecule has 0 saturated heterocycles. The van der Waals surface area contributed by atoms with Crippen LogP contribution in [0.25, 0.3) is 0 Å². The molecule has 6 nitrogen and oxygen atoms in total. The molecule has 0 bridgehead atoms. The molecule has 0 aliphatic heterocycles. The molecule has 9 heteroatoms. The van der Waals surface area contributed by atoms with E-state index >= 15 is 0 Å². The number of halogens is 2. The summed E-state index contributed by atoms with van der Waals surface area (Å²) in [6.07, 6.45) is 0. The maximum atomic E-state index is 6.10. The van der Waals surface area contributed by atoms with E-state index in [1.807, 2.05) is 37.3 Å². The van der Waals surface area contributed by atoms with E-state index in [4.69, 9.17) is 33.7 Å². The monoisotopic (exact) mass is 435 g/mol. The van der Waals surface area contributed by atoms with E-state index in [9.17, 15) is 0 Å². The number of aromatic nitrogens is 3. The second kappa shape index (κ2) is 9.82. The third-order valence-electron chi connectivity index (χ3n) is 3.68. The third kappa shape index (κ3) is 5.64. The Morgan fingerprint density at radius 3 is 2.46 bits per heavy atom. The molecule has 28 heavy (non-hydrogen) atoms. The quantitative estimate of drug-likeness (QED) is 0.459. The van der Waals surface area contributed by atoms with Gasteiger partial charge in [0, 0.05) is 11.4 Å². The summed E-state index contributed by atoms with van der Waals surface area (Å²) >= 11 is 13.8. The zero-order valence-electron chi connectivity index (χ0n) is 15.1. The summed E-state index contributed by atoms with van der Waals surface area (Å²) in [5.41, 5.74) is 6.73. The van der Waals surface area contributed by atoms with E-state index < -0.39 is 0 Å². The summed E-state index contributed by atoms with van der Waals surface area (Å²) < 4.78 is 5.71. The third-order valence-corrected chi connectivity index (χ3v) is 5.39. The lowest BCUT2D eigenvalue weighted by Crippen LogP contribution is -2.09. The van der Waals surface area contributed by atoms with Gasteiger partial charge in [-0.1, -0.05) is 47.5 Å². The predicted octanol–water partition coefficient (Wildman–Crippen LogP) is 5.38. The molecule has 0 aliphatic carbocycles. The standard InChI is InChI=1S/C19H19Cl2N5OS/c1-12(28-11-10-27-16-14(20)8-5-9-15(16)21)17-24-18(22)26-19(25-17)23-13-6-3-2-4-7-13/h2-9,12H,10-11H2,1H3,(H3,22,23,24,25,26). The van der Waals surface area contributed by atoms with Crippen LogP contribution in [-0.2, 0) is 0 Å². The molecule has 0 radical (unpaired) electrons. The minimum Gasteiger partial charge on any atom is -0.490 e. The molecule has 1 unspecified atom stereocenters. The molecule has 0 aliphatic rings. The first-order valence-electron chi connectivity index (χ1n) is 8.55. The van der Waals surface area contributed by atoms with E-state index in [0.29, 0.717) is 39.9 Å². The van der Waals surface area contributed by atoms with Crippen molar-refractivity contribution < 1.29 is 4.74 Å². The molecule has 3 rings (SSSR count). The Labute approximate surface area is 177 Å². The fourth-order valence-electron chi connectivity index (χ4n) is 2.36. The van der Waals surface area contributed by atoms with Crippen LogP contribution < -0.4 is 15.8 Å². The number of ether oxygens (including phenoxy) is 1. The summed E-state index contributed by atoms with van der Waals surface area (Å²) in [5, 5.41) is 4.13. The van der Waals surface area contributed by atoms with Gasteiger partial charge in [-0.25, -0.2) is 0 Å². The van der Waals surface area contributed by atoms with Crippen molar-refractivity contribution in [3.63, 3.8) is 0 Å². The highest BCUT2D eigenvalue weighted by Gasteiger charge is 2.14. The van der Waals surface area contributed by atoms with Crippen molar-refractivity contribution in [3.8, 4) is 5.75 Å². The normalized spacial score (nSPS) is 11.8. The van der Waals surface area contributed by atoms with Crippen LogP contribution in [0.5, 0.6) is 5.75 Å². The number of hydrogen-bond donors (Lipinski definition) is 2. The molecular weight excluding hydrogens is 417 g/mol. The highest BCUT2D eigenvalue weighted by atomic mass is 35.5. The van der Waals surface area contributed by atoms with Crippen LogP contribution in [-0.4, -0.2) is 27.3 Å². The second-order valence-corrected chi connectivity index (χ2v) is 8.04. The number of nitrogens with two attached hydrogens (primary N) is 1. The second-order valence-electron chi connectivity index (χ2n) is 5.78. The molecule has 1 atom stereocenters. The highest BCUT2D eigenvalue weighted by molar-refractivity contribution is 7.99. The molecule has 146 valence electrons. The molecule has 3 aromatic rings. The first-order chi connectivity index (χ1) is 13.5. The number of anilines is 3. The Morgan fingerprint density at radius 2 is 1.75 bits per heavy atom. The molecule has 0 fully saturated rings. The van der Waals surface area contributed by atoms with Crippen LogP contribution in [0.4, 0.5) is 17.6 Å². The summed E-state index contributed by atoms with van der Waals surface area (Å²) in [7, 11) is 0. The zero-order chi connectivity index (χ0) is 19.9. The smallest absolute Gasteiger partial charge is 0.232 e. The Kier molecular flexibility index (Phi) is 7.19. The fraction of sp³-hybridized carbons (Fsp3) is 0.211. The Morgan fingerprint density at radius 1 is 1.04 bits per heavy atom. The Bertz CT molecular complexity index is 909. The van der Waals surface area contributed by atoms with Gasteiger partial charge in [0.1, 0.15) is 5.82 Å². The van der Waals surface area contributed by atoms with Crippen LogP contribution in [0.3, 0.4) is 0 Å². The number of hydrogen-bond acceptors (Lipinski definition) is 7. The number of benzene rings is 2. The van der Waals surface area contributed by atoms with Crippen LogP contribution in [0.15, 0.2) is 48.5 Å². The topological polar surface area (TPSA) is 86.0 Å². The average molecular weight is 436 g/mol. The van der Waals surface area contributed by atoms with Gasteiger partial charge < -0.3 is 15.8 Å². The largest absolute Gasteiger partial charge is 0.490 e. The van der Waals surface area contributed by atoms with Gasteiger partial charge in [-0.3, -0.25) is 0 Å². The van der Waals surface area contributed by atoms with Gasteiger partial charge in [0.2, 0.25) is 11.9 Å². The molecule has 0 saturated carbocycles. The van der Waals surface area contributed by atoms with E-state index in [2.05, 4.69) is 20.3 Å². The molecule has 3 N–H and O–H groups in total. The average Bonchev–Trinajstić information content (AvgIpc) is 2.67. The molecule has 1 heterocycles. The van der Waals surface area contributed by atoms with Gasteiger partial charge in [0.05, 0.1) is 21.9 Å². The van der Waals surface area contributed by atoms with Gasteiger partial charge in [-0.15, -0.1) is 11.8 Å². The van der Waals surface area contributed by atoms with Gasteiger partial charge in [0.15, 0.2) is 5.75 Å². The molecule has 2 aromatic carbocycles. The fourth-order valence-corrected chi connectivity index (χ4v) is 3.66. The van der Waals surface area contributed by atoms with Gasteiger partial charge in [-0.2, -0.15) is 15.0 Å². The van der Waals surface area contributed by atoms with E-state index in [-0.39, 0.29) is 11.2 Å². The minimum absolute atomic E-state index is 0.00643. The van der Waals surface area contributed by atoms with Crippen molar-refractivity contribution in [3.05, 3.63) is 64.4 Å². The number of thioether (sulfide) groups is 1. The van der Waals surface area contributed by atoms with Crippen molar-refractivity contribution in [2.24, 2.45) is 0 Å². The van der Waals surface area contributed by atoms with Crippen LogP contribution in [0.1, 0.15) is 18.0 Å². The van der Waals surface area contributed by atoms with E-state index in [0.717, 1.165) is 5.69 Å². The number of nitrogen functional groups attached to an aromatic ring is 1. The van der Waals surface area contributed by atoms with Gasteiger partial charge in [-0.05, 0) is 31.2 Å². The molecule has 0 amide bonds. The van der Waals surface area contributed by atoms with Gasteiger partial charge >= 0.3 is 0 Å². The van der Waals surface area contributed by atoms with Crippen molar-refractivity contribution in [1.29, 1.82) is 0 Å². The number of nitrogens with zero attached hydrogens (tertiary/aromatic N) is 3. The zero-order valence-corrected chi connectivity index (χ0v) is 17.4. The summed E-state index contributed by atoms with van der Waals surface area (Å²) in [5.74, 6) is 2.40. The summed E-state index contributed by atoms with van der Waals surface area (Å²) in [6, 6.07) is 14.9. The summed E-state index contributed by atoms with van der Waals surface area (Å²) in [6.45, 7) is 2.46. The van der Waals surface area contributed by atoms with Crippen molar-refractivity contribution in [2.45, 2.75) is 12.2 Å². The Balaban J connectivity index is 1.57. The first kappa shape index (κ1) is 20.5. The highest BCUT2D eigenvalue weighted by Crippen LogP contribution is 2.33. The number of rotatable bonds is 8. The summed E-state index contributed by atoms with van der Waals surface area (Å²) in [4.78, 5) is 12.9. The van der Waals surface area contributed by atoms with Crippen LogP contribution in [0.2, 0.25) is 10.0 Å². The first-order valence-corrected chi connectivity index (χ1v) is 10.4. The van der Waals surface area contributed by atoms with Crippen molar-refractivity contribution >= 4 is 52.5 Å². The maximum Gasteiger partial charge on any atom is 0.232 e. The van der Waals surface area contributed by atoms with E-state index in [1.54, 1.807) is 30.0 Å².